The molecule has 2 aromatic rings. The summed E-state index contributed by atoms with van der Waals surface area (Å²) in [5.74, 6) is -0.239. The van der Waals surface area contributed by atoms with Gasteiger partial charge in [-0.15, -0.1) is 0 Å². The Hall–Kier alpha value is -3.37. The van der Waals surface area contributed by atoms with Gasteiger partial charge in [0, 0.05) is 11.8 Å². The highest BCUT2D eigenvalue weighted by atomic mass is 16.1. The normalized spacial score (nSPS) is 9.91. The summed E-state index contributed by atoms with van der Waals surface area (Å²) in [7, 11) is 0. The highest BCUT2D eigenvalue weighted by molar-refractivity contribution is 6.01. The summed E-state index contributed by atoms with van der Waals surface area (Å²) in [5, 5.41) is 20.1. The molecule has 0 unspecified atom stereocenters. The number of nitrogens with zero attached hydrogens (tertiary/aromatic N) is 2. The number of anilines is 1. The summed E-state index contributed by atoms with van der Waals surface area (Å²) in [5.41, 5.74) is 3.02. The second-order valence-corrected chi connectivity index (χ2v) is 4.59. The molecule has 0 heterocycles. The largest absolute Gasteiger partial charge is 0.323 e. The molecular formula is C18H13N3O. The van der Waals surface area contributed by atoms with Crippen LogP contribution in [0.1, 0.15) is 16.7 Å². The molecule has 4 nitrogen and oxygen atoms in total. The molecule has 1 N–H and O–H groups in total. The Bertz CT molecular complexity index is 760. The lowest BCUT2D eigenvalue weighted by molar-refractivity contribution is -0.111. The van der Waals surface area contributed by atoms with Crippen molar-refractivity contribution in [3.8, 4) is 12.1 Å². The molecule has 0 saturated carbocycles. The van der Waals surface area contributed by atoms with Crippen LogP contribution in [0.4, 0.5) is 5.69 Å². The van der Waals surface area contributed by atoms with Crippen LogP contribution in [0.5, 0.6) is 0 Å². The van der Waals surface area contributed by atoms with Gasteiger partial charge in [-0.1, -0.05) is 24.3 Å². The maximum absolute atomic E-state index is 11.8. The van der Waals surface area contributed by atoms with Crippen LogP contribution in [0.3, 0.4) is 0 Å². The molecule has 0 aromatic heterocycles. The molecule has 0 bridgehead atoms. The predicted octanol–water partition coefficient (Wildman–Crippen LogP) is 3.28. The van der Waals surface area contributed by atoms with Gasteiger partial charge in [0.15, 0.2) is 0 Å². The van der Waals surface area contributed by atoms with Gasteiger partial charge < -0.3 is 5.32 Å². The molecule has 2 aromatic carbocycles. The number of nitrogens with one attached hydrogen (secondary N) is 1. The summed E-state index contributed by atoms with van der Waals surface area (Å²) in [6, 6.07) is 18.2. The van der Waals surface area contributed by atoms with Crippen LogP contribution >= 0.6 is 0 Å². The molecule has 0 radical (unpaired) electrons. The van der Waals surface area contributed by atoms with E-state index in [9.17, 15) is 4.79 Å². The first kappa shape index (κ1) is 15.0. The van der Waals surface area contributed by atoms with Gasteiger partial charge in [-0.3, -0.25) is 4.79 Å². The average molecular weight is 287 g/mol. The number of carbonyl (C=O) groups excluding carboxylic acids is 1. The van der Waals surface area contributed by atoms with Crippen LogP contribution in [0.25, 0.3) is 6.08 Å². The zero-order valence-electron chi connectivity index (χ0n) is 11.8. The van der Waals surface area contributed by atoms with Crippen molar-refractivity contribution in [2.24, 2.45) is 0 Å². The second-order valence-electron chi connectivity index (χ2n) is 4.59. The molecule has 2 rings (SSSR count). The lowest BCUT2D eigenvalue weighted by Gasteiger charge is -2.02. The minimum atomic E-state index is -0.239. The van der Waals surface area contributed by atoms with E-state index in [0.29, 0.717) is 17.7 Å². The minimum absolute atomic E-state index is 0.239. The highest BCUT2D eigenvalue weighted by Gasteiger charge is 1.98. The molecule has 4 heteroatoms. The van der Waals surface area contributed by atoms with Crippen molar-refractivity contribution < 1.29 is 4.79 Å². The average Bonchev–Trinajstić information content (AvgIpc) is 2.55. The van der Waals surface area contributed by atoms with Gasteiger partial charge in [0.25, 0.3) is 0 Å². The number of hydrogen-bond acceptors (Lipinski definition) is 3. The summed E-state index contributed by atoms with van der Waals surface area (Å²) in [6.07, 6.45) is 3.47. The molecule has 1 amide bonds. The Balaban J connectivity index is 1.95. The van der Waals surface area contributed by atoms with Crippen molar-refractivity contribution in [2.75, 3.05) is 5.32 Å². The van der Waals surface area contributed by atoms with Crippen LogP contribution in [0.15, 0.2) is 54.6 Å². The second kappa shape index (κ2) is 7.42. The Morgan fingerprint density at radius 2 is 1.73 bits per heavy atom. The first-order valence-corrected chi connectivity index (χ1v) is 6.66. The third-order valence-corrected chi connectivity index (χ3v) is 2.97. The lowest BCUT2D eigenvalue weighted by atomic mass is 10.1. The fraction of sp³-hybridized carbons (Fsp3) is 0.0556. The van der Waals surface area contributed by atoms with Crippen molar-refractivity contribution in [1.82, 2.24) is 0 Å². The van der Waals surface area contributed by atoms with E-state index >= 15 is 0 Å². The third kappa shape index (κ3) is 4.33. The van der Waals surface area contributed by atoms with Crippen LogP contribution < -0.4 is 5.32 Å². The minimum Gasteiger partial charge on any atom is -0.323 e. The van der Waals surface area contributed by atoms with E-state index in [4.69, 9.17) is 10.5 Å². The van der Waals surface area contributed by atoms with Gasteiger partial charge in [0.05, 0.1) is 24.1 Å². The molecule has 0 saturated heterocycles. The zero-order valence-corrected chi connectivity index (χ0v) is 11.8. The van der Waals surface area contributed by atoms with Crippen molar-refractivity contribution in [3.05, 3.63) is 71.3 Å². The molecule has 0 aliphatic carbocycles. The van der Waals surface area contributed by atoms with Crippen LogP contribution in [-0.2, 0) is 11.2 Å². The van der Waals surface area contributed by atoms with E-state index in [1.54, 1.807) is 42.5 Å². The smallest absolute Gasteiger partial charge is 0.248 e. The quantitative estimate of drug-likeness (QED) is 0.877. The topological polar surface area (TPSA) is 76.7 Å². The number of nitriles is 2. The number of carbonyl (C=O) groups is 1. The molecule has 0 aliphatic rings. The molecule has 22 heavy (non-hydrogen) atoms. The molecule has 0 fully saturated rings. The van der Waals surface area contributed by atoms with Gasteiger partial charge in [-0.05, 0) is 41.5 Å². The Kier molecular flexibility index (Phi) is 5.07. The number of rotatable bonds is 4. The van der Waals surface area contributed by atoms with Crippen molar-refractivity contribution >= 4 is 17.7 Å². The molecule has 0 aliphatic heterocycles. The molecule has 0 atom stereocenters. The van der Waals surface area contributed by atoms with E-state index in [2.05, 4.69) is 11.4 Å². The van der Waals surface area contributed by atoms with Gasteiger partial charge in [-0.2, -0.15) is 10.5 Å². The number of amides is 1. The zero-order chi connectivity index (χ0) is 15.8. The first-order chi connectivity index (χ1) is 10.7. The van der Waals surface area contributed by atoms with Crippen molar-refractivity contribution in [3.63, 3.8) is 0 Å². The Morgan fingerprint density at radius 1 is 1.05 bits per heavy atom. The third-order valence-electron chi connectivity index (χ3n) is 2.97. The van der Waals surface area contributed by atoms with E-state index in [0.717, 1.165) is 11.1 Å². The Labute approximate surface area is 128 Å². The molecular weight excluding hydrogens is 274 g/mol. The van der Waals surface area contributed by atoms with Crippen LogP contribution in [-0.4, -0.2) is 5.91 Å². The van der Waals surface area contributed by atoms with E-state index in [1.165, 1.54) is 6.08 Å². The summed E-state index contributed by atoms with van der Waals surface area (Å²) in [4.78, 5) is 11.8. The van der Waals surface area contributed by atoms with E-state index in [1.807, 2.05) is 18.2 Å². The van der Waals surface area contributed by atoms with Crippen LogP contribution in [0, 0.1) is 22.7 Å². The van der Waals surface area contributed by atoms with E-state index < -0.39 is 0 Å². The highest BCUT2D eigenvalue weighted by Crippen LogP contribution is 2.10. The Morgan fingerprint density at radius 3 is 2.32 bits per heavy atom. The number of benzene rings is 2. The van der Waals surface area contributed by atoms with Gasteiger partial charge in [0.2, 0.25) is 5.91 Å². The molecule has 0 spiro atoms. The first-order valence-electron chi connectivity index (χ1n) is 6.66. The maximum atomic E-state index is 11.8. The fourth-order valence-electron chi connectivity index (χ4n) is 1.82. The van der Waals surface area contributed by atoms with Crippen molar-refractivity contribution in [2.45, 2.75) is 6.42 Å². The van der Waals surface area contributed by atoms with Gasteiger partial charge in [-0.25, -0.2) is 0 Å². The summed E-state index contributed by atoms with van der Waals surface area (Å²) >= 11 is 0. The predicted molar refractivity (Wildman–Crippen MR) is 84.6 cm³/mol. The lowest BCUT2D eigenvalue weighted by Crippen LogP contribution is -2.07. The molecule has 106 valence electrons. The SMILES string of the molecule is N#CCc1ccc(NC(=O)/C=C/c2ccc(C#N)cc2)cc1. The number of hydrogen-bond donors (Lipinski definition) is 1. The fourth-order valence-corrected chi connectivity index (χ4v) is 1.82. The standard InChI is InChI=1S/C18H13N3O/c19-12-11-15-5-8-17(9-6-15)21-18(22)10-7-14-1-3-16(13-20)4-2-14/h1-10H,11H2,(H,21,22)/b10-7+. The summed E-state index contributed by atoms with van der Waals surface area (Å²) in [6.45, 7) is 0. The van der Waals surface area contributed by atoms with E-state index in [-0.39, 0.29) is 5.91 Å². The van der Waals surface area contributed by atoms with Crippen LogP contribution in [0.2, 0.25) is 0 Å². The maximum Gasteiger partial charge on any atom is 0.248 e. The summed E-state index contributed by atoms with van der Waals surface area (Å²) < 4.78 is 0. The van der Waals surface area contributed by atoms with Crippen molar-refractivity contribution in [1.29, 1.82) is 10.5 Å². The van der Waals surface area contributed by atoms with Gasteiger partial charge in [0.1, 0.15) is 0 Å². The monoisotopic (exact) mass is 287 g/mol. The van der Waals surface area contributed by atoms with Gasteiger partial charge >= 0.3 is 0 Å².